The fourth-order valence-corrected chi connectivity index (χ4v) is 3.27. The lowest BCUT2D eigenvalue weighted by atomic mass is 10.1. The molecule has 0 unspecified atom stereocenters. The molecule has 0 saturated carbocycles. The van der Waals surface area contributed by atoms with Crippen LogP contribution in [0.1, 0.15) is 21.6 Å². The van der Waals surface area contributed by atoms with E-state index in [2.05, 4.69) is 15.5 Å². The van der Waals surface area contributed by atoms with E-state index >= 15 is 0 Å². The second-order valence-corrected chi connectivity index (χ2v) is 6.49. The smallest absolute Gasteiger partial charge is 0.323 e. The highest BCUT2D eigenvalue weighted by Crippen LogP contribution is 2.31. The van der Waals surface area contributed by atoms with Gasteiger partial charge in [-0.1, -0.05) is 6.07 Å². The molecule has 25 heavy (non-hydrogen) atoms. The van der Waals surface area contributed by atoms with Crippen LogP contribution in [0, 0.1) is 0 Å². The zero-order chi connectivity index (χ0) is 17.6. The summed E-state index contributed by atoms with van der Waals surface area (Å²) in [5, 5.41) is 10.0. The summed E-state index contributed by atoms with van der Waals surface area (Å²) in [5.74, 6) is 0.604. The monoisotopic (exact) mass is 340 g/mol. The normalized spacial score (nSPS) is 16.2. The van der Waals surface area contributed by atoms with E-state index in [9.17, 15) is 9.59 Å². The zero-order valence-corrected chi connectivity index (χ0v) is 14.2. The van der Waals surface area contributed by atoms with Crippen molar-refractivity contribution in [2.24, 2.45) is 0 Å². The average Bonchev–Trinajstić information content (AvgIpc) is 3.29. The van der Waals surface area contributed by atoms with E-state index in [0.29, 0.717) is 37.6 Å². The van der Waals surface area contributed by atoms with Gasteiger partial charge in [0.05, 0.1) is 18.8 Å². The first-order valence-corrected chi connectivity index (χ1v) is 8.23. The molecule has 0 spiro atoms. The van der Waals surface area contributed by atoms with Crippen LogP contribution in [-0.2, 0) is 13.1 Å². The van der Waals surface area contributed by atoms with Gasteiger partial charge in [0.2, 0.25) is 0 Å². The minimum atomic E-state index is -0.141. The van der Waals surface area contributed by atoms with Gasteiger partial charge in [0.15, 0.2) is 5.82 Å². The van der Waals surface area contributed by atoms with Gasteiger partial charge >= 0.3 is 6.03 Å². The Morgan fingerprint density at radius 1 is 1.28 bits per heavy atom. The maximum absolute atomic E-state index is 12.9. The lowest BCUT2D eigenvalue weighted by Crippen LogP contribution is -2.30. The number of amides is 3. The molecule has 1 aromatic heterocycles. The van der Waals surface area contributed by atoms with Gasteiger partial charge in [0, 0.05) is 44.0 Å². The standard InChI is InChI=1S/C17H20N6O2/c1-21(2)12-5-3-4-11(8-12)16(24)22-9-13-14(10-22)19-20-15(13)23-7-6-18-17(23)25/h3-5,8H,6-7,9-10H2,1-2H3,(H,18,25)(H,19,20). The molecule has 0 atom stereocenters. The van der Waals surface area contributed by atoms with E-state index < -0.39 is 0 Å². The molecule has 1 saturated heterocycles. The lowest BCUT2D eigenvalue weighted by molar-refractivity contribution is 0.0749. The van der Waals surface area contributed by atoms with Gasteiger partial charge in [-0.15, -0.1) is 0 Å². The molecule has 0 bridgehead atoms. The molecular weight excluding hydrogens is 320 g/mol. The Bertz CT molecular complexity index is 843. The van der Waals surface area contributed by atoms with Gasteiger partial charge in [-0.25, -0.2) is 4.79 Å². The summed E-state index contributed by atoms with van der Waals surface area (Å²) < 4.78 is 0. The van der Waals surface area contributed by atoms with Crippen LogP contribution in [0.25, 0.3) is 0 Å². The molecule has 130 valence electrons. The maximum atomic E-state index is 12.9. The number of carbonyl (C=O) groups is 2. The van der Waals surface area contributed by atoms with E-state index in [1.165, 1.54) is 0 Å². The average molecular weight is 340 g/mol. The number of hydrogen-bond donors (Lipinski definition) is 2. The van der Waals surface area contributed by atoms with Gasteiger partial charge < -0.3 is 15.1 Å². The molecule has 0 radical (unpaired) electrons. The quantitative estimate of drug-likeness (QED) is 0.878. The minimum Gasteiger partial charge on any atom is -0.378 e. The third-order valence-corrected chi connectivity index (χ3v) is 4.64. The topological polar surface area (TPSA) is 84.6 Å². The SMILES string of the molecule is CN(C)c1cccc(C(=O)N2Cc3[nH]nc(N4CCNC4=O)c3C2)c1. The predicted octanol–water partition coefficient (Wildman–Crippen LogP) is 1.16. The van der Waals surface area contributed by atoms with E-state index in [1.54, 1.807) is 9.80 Å². The summed E-state index contributed by atoms with van der Waals surface area (Å²) in [6.07, 6.45) is 0. The Morgan fingerprint density at radius 3 is 2.84 bits per heavy atom. The van der Waals surface area contributed by atoms with Crippen molar-refractivity contribution in [3.8, 4) is 0 Å². The predicted molar refractivity (Wildman–Crippen MR) is 93.7 cm³/mol. The third-order valence-electron chi connectivity index (χ3n) is 4.64. The van der Waals surface area contributed by atoms with Crippen molar-refractivity contribution in [2.75, 3.05) is 37.0 Å². The van der Waals surface area contributed by atoms with Crippen molar-refractivity contribution in [1.29, 1.82) is 0 Å². The van der Waals surface area contributed by atoms with Crippen LogP contribution in [0.2, 0.25) is 0 Å². The molecule has 8 heteroatoms. The number of nitrogens with one attached hydrogen (secondary N) is 2. The Kier molecular flexibility index (Phi) is 3.60. The molecule has 1 fully saturated rings. The Hall–Kier alpha value is -3.03. The number of benzene rings is 1. The number of H-pyrrole nitrogens is 1. The highest BCUT2D eigenvalue weighted by atomic mass is 16.2. The fraction of sp³-hybridized carbons (Fsp3) is 0.353. The molecule has 4 rings (SSSR count). The summed E-state index contributed by atoms with van der Waals surface area (Å²) in [5.41, 5.74) is 3.46. The van der Waals surface area contributed by atoms with Gasteiger partial charge in [0.25, 0.3) is 5.91 Å². The largest absolute Gasteiger partial charge is 0.378 e. The molecule has 2 aliphatic rings. The van der Waals surface area contributed by atoms with Crippen LogP contribution in [0.3, 0.4) is 0 Å². The number of nitrogens with zero attached hydrogens (tertiary/aromatic N) is 4. The first-order valence-electron chi connectivity index (χ1n) is 8.23. The van der Waals surface area contributed by atoms with Crippen molar-refractivity contribution in [1.82, 2.24) is 20.4 Å². The van der Waals surface area contributed by atoms with Crippen molar-refractivity contribution < 1.29 is 9.59 Å². The van der Waals surface area contributed by atoms with Crippen LogP contribution < -0.4 is 15.1 Å². The number of carbonyl (C=O) groups excluding carboxylic acids is 2. The first-order chi connectivity index (χ1) is 12.0. The van der Waals surface area contributed by atoms with E-state index in [-0.39, 0.29) is 11.9 Å². The molecule has 0 aliphatic carbocycles. The summed E-state index contributed by atoms with van der Waals surface area (Å²) in [6, 6.07) is 7.44. The van der Waals surface area contributed by atoms with E-state index in [4.69, 9.17) is 0 Å². The van der Waals surface area contributed by atoms with Crippen LogP contribution in [0.5, 0.6) is 0 Å². The van der Waals surface area contributed by atoms with Crippen molar-refractivity contribution in [3.05, 3.63) is 41.1 Å². The van der Waals surface area contributed by atoms with Gasteiger partial charge in [0.1, 0.15) is 0 Å². The third kappa shape index (κ3) is 2.59. The number of anilines is 2. The number of urea groups is 1. The molecule has 2 N–H and O–H groups in total. The molecule has 1 aromatic carbocycles. The highest BCUT2D eigenvalue weighted by molar-refractivity contribution is 5.96. The molecule has 3 heterocycles. The van der Waals surface area contributed by atoms with Crippen LogP contribution >= 0.6 is 0 Å². The number of rotatable bonds is 3. The number of hydrogen-bond acceptors (Lipinski definition) is 4. The number of aromatic nitrogens is 2. The molecule has 2 aromatic rings. The van der Waals surface area contributed by atoms with Crippen LogP contribution in [0.4, 0.5) is 16.3 Å². The Labute approximate surface area is 145 Å². The fourth-order valence-electron chi connectivity index (χ4n) is 3.27. The first kappa shape index (κ1) is 15.5. The molecular formula is C17H20N6O2. The van der Waals surface area contributed by atoms with Crippen LogP contribution in [0.15, 0.2) is 24.3 Å². The Morgan fingerprint density at radius 2 is 2.12 bits per heavy atom. The summed E-state index contributed by atoms with van der Waals surface area (Å²) in [7, 11) is 3.90. The maximum Gasteiger partial charge on any atom is 0.323 e. The molecule has 2 aliphatic heterocycles. The van der Waals surface area contributed by atoms with Gasteiger partial charge in [-0.3, -0.25) is 14.8 Å². The number of aromatic amines is 1. The van der Waals surface area contributed by atoms with E-state index in [0.717, 1.165) is 16.9 Å². The number of fused-ring (bicyclic) bond motifs is 1. The van der Waals surface area contributed by atoms with Gasteiger partial charge in [-0.05, 0) is 18.2 Å². The summed E-state index contributed by atoms with van der Waals surface area (Å²) in [4.78, 5) is 30.1. The van der Waals surface area contributed by atoms with Crippen molar-refractivity contribution in [3.63, 3.8) is 0 Å². The zero-order valence-electron chi connectivity index (χ0n) is 14.2. The van der Waals surface area contributed by atoms with Gasteiger partial charge in [-0.2, -0.15) is 5.10 Å². The second kappa shape index (κ2) is 5.80. The Balaban J connectivity index is 1.56. The molecule has 8 nitrogen and oxygen atoms in total. The molecule has 3 amide bonds. The second-order valence-electron chi connectivity index (χ2n) is 6.49. The van der Waals surface area contributed by atoms with E-state index in [1.807, 2.05) is 43.3 Å². The van der Waals surface area contributed by atoms with Crippen LogP contribution in [-0.4, -0.2) is 54.2 Å². The highest BCUT2D eigenvalue weighted by Gasteiger charge is 2.33. The van der Waals surface area contributed by atoms with Crippen molar-refractivity contribution >= 4 is 23.4 Å². The summed E-state index contributed by atoms with van der Waals surface area (Å²) in [6.45, 7) is 2.13. The lowest BCUT2D eigenvalue weighted by Gasteiger charge is -2.19. The summed E-state index contributed by atoms with van der Waals surface area (Å²) >= 11 is 0. The van der Waals surface area contributed by atoms with Crippen molar-refractivity contribution in [2.45, 2.75) is 13.1 Å². The minimum absolute atomic E-state index is 0.0230.